The zero-order chi connectivity index (χ0) is 14.4. The predicted octanol–water partition coefficient (Wildman–Crippen LogP) is 2.78. The van der Waals surface area contributed by atoms with E-state index in [1.807, 2.05) is 18.2 Å². The van der Waals surface area contributed by atoms with Crippen molar-refractivity contribution in [2.24, 2.45) is 5.92 Å². The van der Waals surface area contributed by atoms with Crippen molar-refractivity contribution in [1.29, 1.82) is 0 Å². The average molecular weight is 277 g/mol. The van der Waals surface area contributed by atoms with Gasteiger partial charge in [-0.05, 0) is 31.2 Å². The number of nitrogens with zero attached hydrogens (tertiary/aromatic N) is 1. The summed E-state index contributed by atoms with van der Waals surface area (Å²) in [7, 11) is 3.19. The number of carbonyl (C=O) groups is 1. The van der Waals surface area contributed by atoms with Crippen LogP contribution in [-0.4, -0.2) is 31.2 Å². The van der Waals surface area contributed by atoms with E-state index in [4.69, 9.17) is 9.57 Å². The second-order valence-electron chi connectivity index (χ2n) is 5.29. The zero-order valence-corrected chi connectivity index (χ0v) is 12.2. The third kappa shape index (κ3) is 4.05. The summed E-state index contributed by atoms with van der Waals surface area (Å²) < 4.78 is 5.93. The Bertz CT molecular complexity index is 413. The highest BCUT2D eigenvalue weighted by atomic mass is 16.7. The molecule has 2 rings (SSSR count). The standard InChI is InChI=1S/C16H23NO3/c1-17(19-2)16(18)14-8-10-15(11-9-14)20-12-13-6-4-3-5-7-13/h3-7,14-15H,8-12H2,1-2H3/t14-,15+. The quantitative estimate of drug-likeness (QED) is 0.777. The number of hydrogen-bond donors (Lipinski definition) is 0. The molecule has 0 N–H and O–H groups in total. The molecule has 0 aliphatic heterocycles. The van der Waals surface area contributed by atoms with Crippen LogP contribution in [0, 0.1) is 5.92 Å². The summed E-state index contributed by atoms with van der Waals surface area (Å²) in [5, 5.41) is 1.33. The van der Waals surface area contributed by atoms with Gasteiger partial charge < -0.3 is 4.74 Å². The van der Waals surface area contributed by atoms with Gasteiger partial charge >= 0.3 is 0 Å². The molecule has 1 fully saturated rings. The van der Waals surface area contributed by atoms with Gasteiger partial charge in [0.05, 0.1) is 19.8 Å². The van der Waals surface area contributed by atoms with Gasteiger partial charge in [-0.2, -0.15) is 0 Å². The second kappa shape index (κ2) is 7.41. The molecule has 20 heavy (non-hydrogen) atoms. The number of amides is 1. The normalized spacial score (nSPS) is 22.5. The molecule has 1 aliphatic carbocycles. The van der Waals surface area contributed by atoms with E-state index < -0.39 is 0 Å². The zero-order valence-electron chi connectivity index (χ0n) is 12.2. The van der Waals surface area contributed by atoms with Crippen LogP contribution >= 0.6 is 0 Å². The molecule has 0 spiro atoms. The van der Waals surface area contributed by atoms with Gasteiger partial charge in [0.15, 0.2) is 0 Å². The fraction of sp³-hybridized carbons (Fsp3) is 0.562. The Labute approximate surface area is 120 Å². The lowest BCUT2D eigenvalue weighted by molar-refractivity contribution is -0.175. The molecule has 1 aromatic rings. The van der Waals surface area contributed by atoms with Crippen molar-refractivity contribution >= 4 is 5.91 Å². The lowest BCUT2D eigenvalue weighted by Gasteiger charge is -2.29. The minimum Gasteiger partial charge on any atom is -0.374 e. The minimum absolute atomic E-state index is 0.0778. The molecule has 1 aliphatic rings. The van der Waals surface area contributed by atoms with Crippen LogP contribution < -0.4 is 0 Å². The number of hydrogen-bond acceptors (Lipinski definition) is 3. The Morgan fingerprint density at radius 2 is 1.85 bits per heavy atom. The molecule has 0 heterocycles. The molecule has 0 unspecified atom stereocenters. The second-order valence-corrected chi connectivity index (χ2v) is 5.29. The number of rotatable bonds is 5. The fourth-order valence-corrected chi connectivity index (χ4v) is 2.61. The summed E-state index contributed by atoms with van der Waals surface area (Å²) in [5.41, 5.74) is 1.20. The molecule has 110 valence electrons. The first-order chi connectivity index (χ1) is 9.70. The van der Waals surface area contributed by atoms with E-state index in [9.17, 15) is 4.79 Å². The topological polar surface area (TPSA) is 38.8 Å². The maximum absolute atomic E-state index is 12.0. The number of hydroxylamine groups is 2. The summed E-state index contributed by atoms with van der Waals surface area (Å²) in [6.45, 7) is 0.655. The van der Waals surface area contributed by atoms with Crippen molar-refractivity contribution in [2.75, 3.05) is 14.2 Å². The summed E-state index contributed by atoms with van der Waals surface area (Å²) in [6, 6.07) is 10.2. The molecule has 0 saturated heterocycles. The Balaban J connectivity index is 1.73. The van der Waals surface area contributed by atoms with E-state index in [1.54, 1.807) is 7.05 Å². The van der Waals surface area contributed by atoms with E-state index in [1.165, 1.54) is 17.7 Å². The van der Waals surface area contributed by atoms with Crippen LogP contribution in [0.15, 0.2) is 30.3 Å². The van der Waals surface area contributed by atoms with Crippen LogP contribution in [0.2, 0.25) is 0 Å². The van der Waals surface area contributed by atoms with E-state index in [0.29, 0.717) is 6.61 Å². The van der Waals surface area contributed by atoms with Crippen molar-refractivity contribution in [3.05, 3.63) is 35.9 Å². The first kappa shape index (κ1) is 15.0. The molecule has 0 radical (unpaired) electrons. The summed E-state index contributed by atoms with van der Waals surface area (Å²) in [4.78, 5) is 16.9. The number of benzene rings is 1. The van der Waals surface area contributed by atoms with E-state index in [2.05, 4.69) is 12.1 Å². The average Bonchev–Trinajstić information content (AvgIpc) is 2.53. The molecular weight excluding hydrogens is 254 g/mol. The fourth-order valence-electron chi connectivity index (χ4n) is 2.61. The van der Waals surface area contributed by atoms with Crippen LogP contribution in [0.5, 0.6) is 0 Å². The van der Waals surface area contributed by atoms with Crippen LogP contribution in [0.1, 0.15) is 31.2 Å². The van der Waals surface area contributed by atoms with Gasteiger partial charge in [0.1, 0.15) is 0 Å². The third-order valence-electron chi connectivity index (χ3n) is 3.94. The Morgan fingerprint density at radius 3 is 2.45 bits per heavy atom. The van der Waals surface area contributed by atoms with Crippen molar-refractivity contribution in [2.45, 2.75) is 38.4 Å². The van der Waals surface area contributed by atoms with E-state index >= 15 is 0 Å². The molecule has 0 bridgehead atoms. The van der Waals surface area contributed by atoms with Crippen LogP contribution in [0.4, 0.5) is 0 Å². The van der Waals surface area contributed by atoms with Crippen molar-refractivity contribution in [3.8, 4) is 0 Å². The lowest BCUT2D eigenvalue weighted by Crippen LogP contribution is -2.35. The van der Waals surface area contributed by atoms with Gasteiger partial charge in [0, 0.05) is 13.0 Å². The van der Waals surface area contributed by atoms with Crippen molar-refractivity contribution in [1.82, 2.24) is 5.06 Å². The first-order valence-electron chi connectivity index (χ1n) is 7.18. The van der Waals surface area contributed by atoms with Crippen molar-refractivity contribution in [3.63, 3.8) is 0 Å². The predicted molar refractivity (Wildman–Crippen MR) is 76.8 cm³/mol. The number of carbonyl (C=O) groups excluding carboxylic acids is 1. The van der Waals surface area contributed by atoms with Gasteiger partial charge in [-0.25, -0.2) is 5.06 Å². The Hall–Kier alpha value is -1.39. The minimum atomic E-state index is 0.0778. The highest BCUT2D eigenvalue weighted by Gasteiger charge is 2.28. The van der Waals surface area contributed by atoms with Crippen LogP contribution in [0.25, 0.3) is 0 Å². The largest absolute Gasteiger partial charge is 0.374 e. The Kier molecular flexibility index (Phi) is 5.56. The molecule has 4 heteroatoms. The molecule has 0 atom stereocenters. The summed E-state index contributed by atoms with van der Waals surface area (Å²) in [6.07, 6.45) is 3.92. The smallest absolute Gasteiger partial charge is 0.248 e. The van der Waals surface area contributed by atoms with Crippen LogP contribution in [-0.2, 0) is 21.0 Å². The highest BCUT2D eigenvalue weighted by Crippen LogP contribution is 2.28. The maximum Gasteiger partial charge on any atom is 0.248 e. The van der Waals surface area contributed by atoms with E-state index in [0.717, 1.165) is 25.7 Å². The van der Waals surface area contributed by atoms with Crippen molar-refractivity contribution < 1.29 is 14.4 Å². The van der Waals surface area contributed by atoms with E-state index in [-0.39, 0.29) is 17.9 Å². The Morgan fingerprint density at radius 1 is 1.20 bits per heavy atom. The van der Waals surface area contributed by atoms with Gasteiger partial charge in [-0.1, -0.05) is 30.3 Å². The number of ether oxygens (including phenoxy) is 1. The molecule has 0 aromatic heterocycles. The molecule has 1 saturated carbocycles. The van der Waals surface area contributed by atoms with Gasteiger partial charge in [-0.3, -0.25) is 9.63 Å². The summed E-state index contributed by atoms with van der Waals surface area (Å²) in [5.74, 6) is 0.158. The van der Waals surface area contributed by atoms with Gasteiger partial charge in [0.2, 0.25) is 5.91 Å². The monoisotopic (exact) mass is 277 g/mol. The third-order valence-corrected chi connectivity index (χ3v) is 3.94. The molecule has 1 amide bonds. The SMILES string of the molecule is CON(C)C(=O)[C@H]1CC[C@@H](OCc2ccccc2)CC1. The molecule has 4 nitrogen and oxygen atoms in total. The summed E-state index contributed by atoms with van der Waals surface area (Å²) >= 11 is 0. The molecular formula is C16H23NO3. The maximum atomic E-state index is 12.0. The van der Waals surface area contributed by atoms with Crippen LogP contribution in [0.3, 0.4) is 0 Å². The van der Waals surface area contributed by atoms with Gasteiger partial charge in [-0.15, -0.1) is 0 Å². The first-order valence-corrected chi connectivity index (χ1v) is 7.18. The van der Waals surface area contributed by atoms with Gasteiger partial charge in [0.25, 0.3) is 0 Å². The highest BCUT2D eigenvalue weighted by molar-refractivity contribution is 5.77. The molecule has 1 aromatic carbocycles. The lowest BCUT2D eigenvalue weighted by atomic mass is 9.86.